The van der Waals surface area contributed by atoms with Crippen molar-refractivity contribution in [2.24, 2.45) is 13.0 Å². The number of hydrogen-bond donors (Lipinski definition) is 2. The minimum Gasteiger partial charge on any atom is -0.394 e. The molecule has 1 aromatic heterocycles. The lowest BCUT2D eigenvalue weighted by atomic mass is 9.96. The van der Waals surface area contributed by atoms with E-state index in [1.807, 2.05) is 7.05 Å². The third-order valence-corrected chi connectivity index (χ3v) is 3.25. The molecule has 0 aromatic carbocycles. The fourth-order valence-electron chi connectivity index (χ4n) is 2.30. The minimum absolute atomic E-state index is 0.126. The molecule has 0 saturated carbocycles. The van der Waals surface area contributed by atoms with Crippen LogP contribution in [0, 0.1) is 5.92 Å². The molecule has 0 spiro atoms. The van der Waals surface area contributed by atoms with Gasteiger partial charge < -0.3 is 16.0 Å². The Kier molecular flexibility index (Phi) is 3.21. The molecule has 2 heterocycles. The van der Waals surface area contributed by atoms with Gasteiger partial charge in [-0.05, 0) is 12.8 Å². The molecule has 0 bridgehead atoms. The summed E-state index contributed by atoms with van der Waals surface area (Å²) in [4.78, 5) is 13.7. The maximum Gasteiger partial charge on any atom is 0.222 e. The lowest BCUT2D eigenvalue weighted by molar-refractivity contribution is -0.125. The van der Waals surface area contributed by atoms with E-state index in [4.69, 9.17) is 5.73 Å². The molecule has 1 saturated heterocycles. The Hall–Kier alpha value is -1.72. The first-order valence-electron chi connectivity index (χ1n) is 5.87. The first-order valence-corrected chi connectivity index (χ1v) is 5.87. The number of amides is 1. The number of hydrogen-bond acceptors (Lipinski definition) is 4. The highest BCUT2D eigenvalue weighted by molar-refractivity contribution is 5.78. The third kappa shape index (κ3) is 2.35. The zero-order chi connectivity index (χ0) is 12.4. The highest BCUT2D eigenvalue weighted by atomic mass is 16.1. The molecule has 2 rings (SSSR count). The standard InChI is InChI=1S/C11H19N5O/c1-13-11(17)8-3-5-16(6-4-8)10-9(12)7-15(2)14-10/h7-8H,3-6,12H2,1-2H3,(H,13,17). The highest BCUT2D eigenvalue weighted by Crippen LogP contribution is 2.26. The Morgan fingerprint density at radius 3 is 2.65 bits per heavy atom. The number of carbonyl (C=O) groups is 1. The van der Waals surface area contributed by atoms with Gasteiger partial charge >= 0.3 is 0 Å². The number of aryl methyl sites for hydroxylation is 1. The zero-order valence-electron chi connectivity index (χ0n) is 10.3. The Bertz CT molecular complexity index is 406. The van der Waals surface area contributed by atoms with Gasteiger partial charge in [0.15, 0.2) is 5.82 Å². The predicted octanol–water partition coefficient (Wildman–Crippen LogP) is -0.0353. The van der Waals surface area contributed by atoms with Crippen molar-refractivity contribution >= 4 is 17.4 Å². The minimum atomic E-state index is 0.126. The number of anilines is 2. The van der Waals surface area contributed by atoms with E-state index >= 15 is 0 Å². The summed E-state index contributed by atoms with van der Waals surface area (Å²) in [6, 6.07) is 0. The molecule has 1 amide bonds. The molecule has 94 valence electrons. The van der Waals surface area contributed by atoms with E-state index in [2.05, 4.69) is 15.3 Å². The van der Waals surface area contributed by atoms with Crippen LogP contribution in [0.5, 0.6) is 0 Å². The first kappa shape index (κ1) is 11.8. The van der Waals surface area contributed by atoms with Crippen LogP contribution in [0.4, 0.5) is 11.5 Å². The van der Waals surface area contributed by atoms with Crippen LogP contribution in [-0.4, -0.2) is 35.8 Å². The van der Waals surface area contributed by atoms with Crippen LogP contribution in [0.1, 0.15) is 12.8 Å². The molecule has 0 atom stereocenters. The molecule has 0 radical (unpaired) electrons. The van der Waals surface area contributed by atoms with E-state index in [9.17, 15) is 4.79 Å². The second-order valence-corrected chi connectivity index (χ2v) is 4.46. The summed E-state index contributed by atoms with van der Waals surface area (Å²) in [5.74, 6) is 1.10. The van der Waals surface area contributed by atoms with E-state index in [1.165, 1.54) is 0 Å². The second-order valence-electron chi connectivity index (χ2n) is 4.46. The monoisotopic (exact) mass is 237 g/mol. The fraction of sp³-hybridized carbons (Fsp3) is 0.636. The van der Waals surface area contributed by atoms with Crippen LogP contribution in [0.2, 0.25) is 0 Å². The van der Waals surface area contributed by atoms with E-state index < -0.39 is 0 Å². The number of piperidine rings is 1. The van der Waals surface area contributed by atoms with E-state index in [0.29, 0.717) is 5.69 Å². The zero-order valence-corrected chi connectivity index (χ0v) is 10.3. The van der Waals surface area contributed by atoms with E-state index in [-0.39, 0.29) is 11.8 Å². The number of nitrogens with zero attached hydrogens (tertiary/aromatic N) is 3. The van der Waals surface area contributed by atoms with Gasteiger partial charge in [0, 0.05) is 39.3 Å². The summed E-state index contributed by atoms with van der Waals surface area (Å²) >= 11 is 0. The molecule has 3 N–H and O–H groups in total. The maximum absolute atomic E-state index is 11.5. The van der Waals surface area contributed by atoms with Gasteiger partial charge in [-0.25, -0.2) is 0 Å². The number of carbonyl (C=O) groups excluding carboxylic acids is 1. The second kappa shape index (κ2) is 4.65. The molecule has 0 unspecified atom stereocenters. The van der Waals surface area contributed by atoms with Crippen LogP contribution in [0.3, 0.4) is 0 Å². The maximum atomic E-state index is 11.5. The topological polar surface area (TPSA) is 76.2 Å². The van der Waals surface area contributed by atoms with E-state index in [0.717, 1.165) is 31.7 Å². The van der Waals surface area contributed by atoms with Crippen molar-refractivity contribution in [3.63, 3.8) is 0 Å². The largest absolute Gasteiger partial charge is 0.394 e. The Morgan fingerprint density at radius 1 is 1.53 bits per heavy atom. The molecular weight excluding hydrogens is 218 g/mol. The van der Waals surface area contributed by atoms with Crippen molar-refractivity contribution < 1.29 is 4.79 Å². The summed E-state index contributed by atoms with van der Waals surface area (Å²) in [6.45, 7) is 1.67. The number of rotatable bonds is 2. The number of nitrogen functional groups attached to an aromatic ring is 1. The van der Waals surface area contributed by atoms with Gasteiger partial charge in [-0.1, -0.05) is 0 Å². The molecule has 6 nitrogen and oxygen atoms in total. The Morgan fingerprint density at radius 2 is 2.18 bits per heavy atom. The third-order valence-electron chi connectivity index (χ3n) is 3.25. The van der Waals surface area contributed by atoms with Gasteiger partial charge in [0.25, 0.3) is 0 Å². The van der Waals surface area contributed by atoms with Crippen LogP contribution >= 0.6 is 0 Å². The van der Waals surface area contributed by atoms with Crippen molar-refractivity contribution in [2.45, 2.75) is 12.8 Å². The number of nitrogens with two attached hydrogens (primary N) is 1. The van der Waals surface area contributed by atoms with Gasteiger partial charge in [-0.15, -0.1) is 0 Å². The van der Waals surface area contributed by atoms with Crippen LogP contribution in [0.15, 0.2) is 6.20 Å². The van der Waals surface area contributed by atoms with Crippen molar-refractivity contribution in [1.29, 1.82) is 0 Å². The average molecular weight is 237 g/mol. The van der Waals surface area contributed by atoms with Crippen LogP contribution < -0.4 is 16.0 Å². The number of aromatic nitrogens is 2. The van der Waals surface area contributed by atoms with Gasteiger partial charge in [0.05, 0.1) is 5.69 Å². The summed E-state index contributed by atoms with van der Waals surface area (Å²) < 4.78 is 1.72. The molecule has 6 heteroatoms. The smallest absolute Gasteiger partial charge is 0.222 e. The SMILES string of the molecule is CNC(=O)C1CCN(c2nn(C)cc2N)CC1. The number of nitrogens with one attached hydrogen (secondary N) is 1. The molecule has 1 aliphatic heterocycles. The lowest BCUT2D eigenvalue weighted by Crippen LogP contribution is -2.40. The molecule has 1 aliphatic rings. The van der Waals surface area contributed by atoms with Crippen molar-refractivity contribution in [3.05, 3.63) is 6.20 Å². The highest BCUT2D eigenvalue weighted by Gasteiger charge is 2.26. The normalized spacial score (nSPS) is 17.2. The molecule has 1 fully saturated rings. The molecule has 17 heavy (non-hydrogen) atoms. The quantitative estimate of drug-likeness (QED) is 0.757. The molecular formula is C11H19N5O. The van der Waals surface area contributed by atoms with Crippen molar-refractivity contribution in [3.8, 4) is 0 Å². The van der Waals surface area contributed by atoms with Gasteiger partial charge in [0.2, 0.25) is 5.91 Å². The summed E-state index contributed by atoms with van der Waals surface area (Å²) in [5.41, 5.74) is 6.59. The predicted molar refractivity (Wildman–Crippen MR) is 66.6 cm³/mol. The van der Waals surface area contributed by atoms with Crippen molar-refractivity contribution in [1.82, 2.24) is 15.1 Å². The molecule has 1 aromatic rings. The molecule has 0 aliphatic carbocycles. The average Bonchev–Trinajstić information content (AvgIpc) is 2.68. The van der Waals surface area contributed by atoms with Gasteiger partial charge in [0.1, 0.15) is 0 Å². The fourth-order valence-corrected chi connectivity index (χ4v) is 2.30. The Labute approximate surface area is 101 Å². The van der Waals surface area contributed by atoms with Gasteiger partial charge in [-0.2, -0.15) is 5.10 Å². The lowest BCUT2D eigenvalue weighted by Gasteiger charge is -2.31. The van der Waals surface area contributed by atoms with Crippen LogP contribution in [-0.2, 0) is 11.8 Å². The van der Waals surface area contributed by atoms with Crippen molar-refractivity contribution in [2.75, 3.05) is 30.8 Å². The van der Waals surface area contributed by atoms with Crippen LogP contribution in [0.25, 0.3) is 0 Å². The first-order chi connectivity index (χ1) is 8.11. The Balaban J connectivity index is 2.00. The summed E-state index contributed by atoms with van der Waals surface area (Å²) in [5, 5.41) is 7.04. The summed E-state index contributed by atoms with van der Waals surface area (Å²) in [6.07, 6.45) is 3.52. The summed E-state index contributed by atoms with van der Waals surface area (Å²) in [7, 11) is 3.54. The van der Waals surface area contributed by atoms with Gasteiger partial charge in [-0.3, -0.25) is 9.48 Å². The van der Waals surface area contributed by atoms with E-state index in [1.54, 1.807) is 17.9 Å².